The summed E-state index contributed by atoms with van der Waals surface area (Å²) in [6.45, 7) is 2.36. The summed E-state index contributed by atoms with van der Waals surface area (Å²) in [5.74, 6) is -0.733. The summed E-state index contributed by atoms with van der Waals surface area (Å²) >= 11 is 12.3. The molecule has 0 aliphatic heterocycles. The van der Waals surface area contributed by atoms with Crippen LogP contribution >= 0.6 is 23.2 Å². The molecule has 39 heavy (non-hydrogen) atoms. The number of fused-ring (bicyclic) bond motifs is 1. The van der Waals surface area contributed by atoms with Crippen molar-refractivity contribution in [2.75, 3.05) is 0 Å². The normalized spacial score (nSPS) is 17.9. The van der Waals surface area contributed by atoms with E-state index in [0.29, 0.717) is 54.1 Å². The monoisotopic (exact) mass is 577 g/mol. The second-order valence-corrected chi connectivity index (χ2v) is 10.6. The van der Waals surface area contributed by atoms with E-state index in [1.807, 2.05) is 19.1 Å². The molecule has 0 radical (unpaired) electrons. The van der Waals surface area contributed by atoms with Crippen LogP contribution in [0.15, 0.2) is 53.6 Å². The lowest BCUT2D eigenvalue weighted by molar-refractivity contribution is -0.141. The van der Waals surface area contributed by atoms with E-state index in [9.17, 15) is 22.8 Å². The third-order valence-electron chi connectivity index (χ3n) is 7.03. The molecule has 0 atom stereocenters. The van der Waals surface area contributed by atoms with Gasteiger partial charge in [0.15, 0.2) is 11.3 Å². The zero-order valence-corrected chi connectivity index (χ0v) is 22.3. The highest BCUT2D eigenvalue weighted by Crippen LogP contribution is 2.32. The van der Waals surface area contributed by atoms with E-state index >= 15 is 0 Å². The van der Waals surface area contributed by atoms with E-state index in [-0.39, 0.29) is 22.7 Å². The van der Waals surface area contributed by atoms with Crippen LogP contribution in [0.1, 0.15) is 47.3 Å². The van der Waals surface area contributed by atoms with Crippen molar-refractivity contribution in [3.8, 4) is 5.69 Å². The second-order valence-electron chi connectivity index (χ2n) is 9.77. The van der Waals surface area contributed by atoms with Crippen LogP contribution in [0, 0.1) is 12.8 Å². The molecule has 0 unspecified atom stereocenters. The molecule has 0 bridgehead atoms. The minimum Gasteiger partial charge on any atom is -0.349 e. The van der Waals surface area contributed by atoms with Crippen LogP contribution in [0.25, 0.3) is 16.9 Å². The fraction of sp³-hybridized carbons (Fsp3) is 0.333. The van der Waals surface area contributed by atoms with Crippen LogP contribution in [0.3, 0.4) is 0 Å². The van der Waals surface area contributed by atoms with Gasteiger partial charge in [-0.3, -0.25) is 9.36 Å². The Bertz CT molecular complexity index is 1610. The summed E-state index contributed by atoms with van der Waals surface area (Å²) in [6, 6.07) is 9.76. The predicted molar refractivity (Wildman–Crippen MR) is 143 cm³/mol. The molecule has 1 amide bonds. The molecule has 3 aromatic heterocycles. The summed E-state index contributed by atoms with van der Waals surface area (Å²) in [4.78, 5) is 34.0. The summed E-state index contributed by atoms with van der Waals surface area (Å²) in [6.07, 6.45) is 0.179. The van der Waals surface area contributed by atoms with Crippen molar-refractivity contribution in [2.45, 2.75) is 51.4 Å². The lowest BCUT2D eigenvalue weighted by Gasteiger charge is -2.29. The van der Waals surface area contributed by atoms with Crippen LogP contribution in [0.2, 0.25) is 10.0 Å². The zero-order chi connectivity index (χ0) is 27.9. The molecule has 0 saturated heterocycles. The van der Waals surface area contributed by atoms with Gasteiger partial charge in [0, 0.05) is 25.0 Å². The fourth-order valence-electron chi connectivity index (χ4n) is 5.12. The zero-order valence-electron chi connectivity index (χ0n) is 20.8. The minimum absolute atomic E-state index is 0.0529. The Morgan fingerprint density at radius 1 is 1.10 bits per heavy atom. The standard InChI is InChI=1S/C27H24Cl2F3N5O2/c1-15-4-9-21(20(29)11-15)37-24-22(3-2-10-33-24)36(26(37)39)14-16-5-7-18(8-6-16)35-25(38)19-12-17(28)13-34-23(19)27(30,31)32/h2-4,9-13,16,18H,5-8,14H2,1H3,(H,35,38)/t16-,18-. The van der Waals surface area contributed by atoms with Crippen LogP contribution < -0.4 is 11.0 Å². The molecule has 1 fully saturated rings. The SMILES string of the molecule is Cc1ccc(-n2c(=O)n(C[C@H]3CC[C@H](NC(=O)c4cc(Cl)cnc4C(F)(F)F)CC3)c3cccnc32)c(Cl)c1. The van der Waals surface area contributed by atoms with Crippen molar-refractivity contribution in [2.24, 2.45) is 5.92 Å². The maximum atomic E-state index is 13.6. The van der Waals surface area contributed by atoms with Crippen LogP contribution in [0.5, 0.6) is 0 Å². The van der Waals surface area contributed by atoms with Gasteiger partial charge in [0.05, 0.1) is 26.8 Å². The highest BCUT2D eigenvalue weighted by atomic mass is 35.5. The quantitative estimate of drug-likeness (QED) is 0.306. The van der Waals surface area contributed by atoms with Gasteiger partial charge in [-0.2, -0.15) is 13.2 Å². The van der Waals surface area contributed by atoms with E-state index in [0.717, 1.165) is 17.8 Å². The lowest BCUT2D eigenvalue weighted by Crippen LogP contribution is -2.39. The molecule has 3 heterocycles. The highest BCUT2D eigenvalue weighted by molar-refractivity contribution is 6.32. The molecule has 0 spiro atoms. The average molecular weight is 578 g/mol. The van der Waals surface area contributed by atoms with E-state index in [1.54, 1.807) is 29.0 Å². The number of pyridine rings is 2. The second kappa shape index (κ2) is 10.7. The van der Waals surface area contributed by atoms with Crippen molar-refractivity contribution in [3.05, 3.63) is 86.1 Å². The molecule has 1 N–H and O–H groups in total. The van der Waals surface area contributed by atoms with Gasteiger partial charge in [-0.1, -0.05) is 29.3 Å². The number of nitrogens with zero attached hydrogens (tertiary/aromatic N) is 4. The van der Waals surface area contributed by atoms with Gasteiger partial charge in [0.1, 0.15) is 0 Å². The molecule has 204 valence electrons. The van der Waals surface area contributed by atoms with Gasteiger partial charge < -0.3 is 5.32 Å². The van der Waals surface area contributed by atoms with Crippen LogP contribution in [-0.4, -0.2) is 31.1 Å². The minimum atomic E-state index is -4.78. The largest absolute Gasteiger partial charge is 0.434 e. The van der Waals surface area contributed by atoms with Crippen molar-refractivity contribution >= 4 is 40.3 Å². The number of aromatic nitrogens is 4. The van der Waals surface area contributed by atoms with E-state index in [4.69, 9.17) is 23.2 Å². The number of nitrogens with one attached hydrogen (secondary N) is 1. The third kappa shape index (κ3) is 5.53. The molecule has 1 aliphatic rings. The first-order valence-electron chi connectivity index (χ1n) is 12.4. The Balaban J connectivity index is 1.32. The first-order valence-corrected chi connectivity index (χ1v) is 13.1. The molecule has 1 saturated carbocycles. The molecule has 1 aromatic carbocycles. The molecular weight excluding hydrogens is 554 g/mol. The van der Waals surface area contributed by atoms with Crippen LogP contribution in [-0.2, 0) is 12.7 Å². The Morgan fingerprint density at radius 2 is 1.85 bits per heavy atom. The topological polar surface area (TPSA) is 81.8 Å². The first-order chi connectivity index (χ1) is 18.5. The first kappa shape index (κ1) is 27.2. The number of alkyl halides is 3. The number of hydrogen-bond acceptors (Lipinski definition) is 4. The van der Waals surface area contributed by atoms with E-state index < -0.39 is 23.3 Å². The van der Waals surface area contributed by atoms with Gasteiger partial charge >= 0.3 is 11.9 Å². The van der Waals surface area contributed by atoms with Gasteiger partial charge in [0.2, 0.25) is 0 Å². The number of aryl methyl sites for hydroxylation is 1. The average Bonchev–Trinajstić information content (AvgIpc) is 3.15. The van der Waals surface area contributed by atoms with Gasteiger partial charge in [-0.25, -0.2) is 19.3 Å². The van der Waals surface area contributed by atoms with Crippen molar-refractivity contribution < 1.29 is 18.0 Å². The Kier molecular flexibility index (Phi) is 7.43. The number of halogens is 5. The lowest BCUT2D eigenvalue weighted by atomic mass is 9.85. The number of carbonyl (C=O) groups is 1. The van der Waals surface area contributed by atoms with Crippen molar-refractivity contribution in [1.82, 2.24) is 24.4 Å². The van der Waals surface area contributed by atoms with Crippen molar-refractivity contribution in [3.63, 3.8) is 0 Å². The Labute approximate surface area is 231 Å². The highest BCUT2D eigenvalue weighted by Gasteiger charge is 2.38. The number of benzene rings is 1. The van der Waals surface area contributed by atoms with E-state index in [1.165, 1.54) is 4.57 Å². The van der Waals surface area contributed by atoms with E-state index in [2.05, 4.69) is 15.3 Å². The molecule has 1 aliphatic carbocycles. The summed E-state index contributed by atoms with van der Waals surface area (Å²) in [5.41, 5.74) is 0.592. The molecule has 7 nitrogen and oxygen atoms in total. The smallest absolute Gasteiger partial charge is 0.349 e. The molecular formula is C27H24Cl2F3N5O2. The fourth-order valence-corrected chi connectivity index (χ4v) is 5.60. The van der Waals surface area contributed by atoms with Crippen LogP contribution in [0.4, 0.5) is 13.2 Å². The molecule has 5 rings (SSSR count). The summed E-state index contributed by atoms with van der Waals surface area (Å²) < 4.78 is 43.2. The number of amides is 1. The van der Waals surface area contributed by atoms with Gasteiger partial charge in [-0.15, -0.1) is 0 Å². The number of imidazole rings is 1. The Hall–Kier alpha value is -3.37. The third-order valence-corrected chi connectivity index (χ3v) is 7.53. The van der Waals surface area contributed by atoms with Crippen molar-refractivity contribution in [1.29, 1.82) is 0 Å². The molecule has 12 heteroatoms. The Morgan fingerprint density at radius 3 is 2.54 bits per heavy atom. The molecule has 4 aromatic rings. The summed E-state index contributed by atoms with van der Waals surface area (Å²) in [7, 11) is 0. The van der Waals surface area contributed by atoms with Gasteiger partial charge in [-0.05, 0) is 74.4 Å². The maximum Gasteiger partial charge on any atom is 0.434 e. The number of rotatable bonds is 5. The maximum absolute atomic E-state index is 13.6. The summed E-state index contributed by atoms with van der Waals surface area (Å²) in [5, 5.41) is 3.09. The predicted octanol–water partition coefficient (Wildman–Crippen LogP) is 6.21. The van der Waals surface area contributed by atoms with Gasteiger partial charge in [0.25, 0.3) is 5.91 Å². The number of carbonyl (C=O) groups excluding carboxylic acids is 1. The number of hydrogen-bond donors (Lipinski definition) is 1.